The first-order chi connectivity index (χ1) is 8.76. The third-order valence-electron chi connectivity index (χ3n) is 3.23. The molecule has 0 radical (unpaired) electrons. The number of fused-ring (bicyclic) bond motifs is 1. The maximum absolute atomic E-state index is 12.1. The Morgan fingerprint density at radius 2 is 2.50 bits per heavy atom. The molecule has 2 aromatic heterocycles. The Morgan fingerprint density at radius 3 is 3.22 bits per heavy atom. The number of hydrogen-bond acceptors (Lipinski definition) is 5. The largest absolute Gasteiger partial charge is 0.366 e. The molecule has 1 aliphatic rings. The molecule has 1 aliphatic heterocycles. The van der Waals surface area contributed by atoms with Crippen LogP contribution >= 0.6 is 11.3 Å². The smallest absolute Gasteiger partial charge is 0.193 e. The molecule has 3 heterocycles. The number of nitrogens with zero attached hydrogens (tertiary/aromatic N) is 2. The summed E-state index contributed by atoms with van der Waals surface area (Å²) in [6.45, 7) is 0.490. The molecule has 3 rings (SSSR count). The maximum atomic E-state index is 12.1. The lowest BCUT2D eigenvalue weighted by atomic mass is 10.1. The van der Waals surface area contributed by atoms with E-state index < -0.39 is 0 Å². The highest BCUT2D eigenvalue weighted by Gasteiger charge is 2.29. The van der Waals surface area contributed by atoms with Crippen molar-refractivity contribution in [3.05, 3.63) is 23.5 Å². The Kier molecular flexibility index (Phi) is 3.15. The lowest BCUT2D eigenvalue weighted by Crippen LogP contribution is -2.26. The van der Waals surface area contributed by atoms with E-state index in [1.54, 1.807) is 11.3 Å². The van der Waals surface area contributed by atoms with Crippen LogP contribution in [0.2, 0.25) is 0 Å². The number of ether oxygens (including phenoxy) is 1. The molecule has 96 valence electrons. The molecule has 0 saturated carbocycles. The minimum atomic E-state index is -0.293. The van der Waals surface area contributed by atoms with Gasteiger partial charge in [-0.05, 0) is 12.8 Å². The van der Waals surface area contributed by atoms with E-state index in [0.29, 0.717) is 13.0 Å². The van der Waals surface area contributed by atoms with E-state index in [0.717, 1.165) is 23.5 Å². The van der Waals surface area contributed by atoms with Gasteiger partial charge < -0.3 is 10.5 Å². The van der Waals surface area contributed by atoms with Crippen molar-refractivity contribution in [2.75, 3.05) is 6.54 Å². The number of nitrogens with two attached hydrogens (primary N) is 1. The molecule has 1 saturated heterocycles. The van der Waals surface area contributed by atoms with Crippen LogP contribution in [0.15, 0.2) is 17.8 Å². The van der Waals surface area contributed by atoms with Crippen LogP contribution in [0.25, 0.3) is 4.96 Å². The van der Waals surface area contributed by atoms with E-state index in [1.807, 2.05) is 22.2 Å². The number of aromatic nitrogens is 2. The van der Waals surface area contributed by atoms with E-state index >= 15 is 0 Å². The zero-order chi connectivity index (χ0) is 12.5. The Hall–Kier alpha value is -1.24. The molecule has 0 aromatic carbocycles. The van der Waals surface area contributed by atoms with Crippen LogP contribution in [0.4, 0.5) is 0 Å². The first kappa shape index (κ1) is 11.8. The molecule has 2 unspecified atom stereocenters. The first-order valence-electron chi connectivity index (χ1n) is 6.05. The van der Waals surface area contributed by atoms with Gasteiger partial charge in [-0.1, -0.05) is 0 Å². The number of rotatable bonds is 4. The minimum Gasteiger partial charge on any atom is -0.366 e. The van der Waals surface area contributed by atoms with Crippen LogP contribution in [-0.2, 0) is 16.0 Å². The summed E-state index contributed by atoms with van der Waals surface area (Å²) in [5, 5.41) is 1.97. The van der Waals surface area contributed by atoms with Crippen LogP contribution in [0.5, 0.6) is 0 Å². The molecule has 2 N–H and O–H groups in total. The van der Waals surface area contributed by atoms with E-state index in [1.165, 1.54) is 0 Å². The summed E-state index contributed by atoms with van der Waals surface area (Å²) in [5.41, 5.74) is 6.35. The Morgan fingerprint density at radius 1 is 1.61 bits per heavy atom. The third-order valence-corrected chi connectivity index (χ3v) is 4.00. The molecule has 0 bridgehead atoms. The van der Waals surface area contributed by atoms with Gasteiger partial charge in [-0.2, -0.15) is 0 Å². The average Bonchev–Trinajstić information content (AvgIpc) is 3.02. The zero-order valence-corrected chi connectivity index (χ0v) is 10.7. The van der Waals surface area contributed by atoms with Crippen molar-refractivity contribution in [1.29, 1.82) is 0 Å². The van der Waals surface area contributed by atoms with Crippen molar-refractivity contribution in [2.45, 2.75) is 31.5 Å². The molecule has 5 nitrogen and oxygen atoms in total. The fourth-order valence-corrected chi connectivity index (χ4v) is 2.99. The summed E-state index contributed by atoms with van der Waals surface area (Å²) in [6, 6.07) is 0. The Balaban J connectivity index is 1.66. The second kappa shape index (κ2) is 4.79. The Labute approximate surface area is 109 Å². The molecule has 2 aromatic rings. The lowest BCUT2D eigenvalue weighted by molar-refractivity contribution is -0.128. The monoisotopic (exact) mass is 265 g/mol. The molecule has 0 aliphatic carbocycles. The van der Waals surface area contributed by atoms with Crippen LogP contribution in [0.1, 0.15) is 18.5 Å². The highest BCUT2D eigenvalue weighted by molar-refractivity contribution is 7.15. The van der Waals surface area contributed by atoms with E-state index in [2.05, 4.69) is 4.98 Å². The molecule has 2 atom stereocenters. The van der Waals surface area contributed by atoms with Gasteiger partial charge in [0.1, 0.15) is 6.10 Å². The van der Waals surface area contributed by atoms with Gasteiger partial charge in [-0.3, -0.25) is 9.20 Å². The molecular formula is C12H15N3O2S. The van der Waals surface area contributed by atoms with Crippen molar-refractivity contribution < 1.29 is 9.53 Å². The van der Waals surface area contributed by atoms with E-state index in [-0.39, 0.29) is 18.0 Å². The molecule has 1 fully saturated rings. The van der Waals surface area contributed by atoms with Crippen LogP contribution in [0, 0.1) is 0 Å². The van der Waals surface area contributed by atoms with Crippen LogP contribution in [0.3, 0.4) is 0 Å². The summed E-state index contributed by atoms with van der Waals surface area (Å²) in [6.07, 6.45) is 5.60. The summed E-state index contributed by atoms with van der Waals surface area (Å²) in [5.74, 6) is 0.108. The van der Waals surface area contributed by atoms with Crippen molar-refractivity contribution in [2.24, 2.45) is 5.73 Å². The fraction of sp³-hybridized carbons (Fsp3) is 0.500. The molecule has 18 heavy (non-hydrogen) atoms. The van der Waals surface area contributed by atoms with Crippen molar-refractivity contribution in [3.63, 3.8) is 0 Å². The van der Waals surface area contributed by atoms with Gasteiger partial charge in [-0.15, -0.1) is 11.3 Å². The van der Waals surface area contributed by atoms with Gasteiger partial charge >= 0.3 is 0 Å². The Bertz CT molecular complexity index is 534. The second-order valence-corrected chi connectivity index (χ2v) is 5.40. The number of thiazole rings is 1. The zero-order valence-electron chi connectivity index (χ0n) is 9.91. The summed E-state index contributed by atoms with van der Waals surface area (Å²) in [7, 11) is 0. The van der Waals surface area contributed by atoms with Gasteiger partial charge in [-0.25, -0.2) is 4.98 Å². The van der Waals surface area contributed by atoms with Crippen molar-refractivity contribution >= 4 is 22.1 Å². The molecular weight excluding hydrogens is 250 g/mol. The summed E-state index contributed by atoms with van der Waals surface area (Å²) in [4.78, 5) is 17.4. The summed E-state index contributed by atoms with van der Waals surface area (Å²) >= 11 is 1.56. The SMILES string of the molecule is NCC1CCC(C(=O)Cc2cn3ccsc3n2)O1. The van der Waals surface area contributed by atoms with Crippen LogP contribution in [-0.4, -0.2) is 33.9 Å². The average molecular weight is 265 g/mol. The topological polar surface area (TPSA) is 69.6 Å². The standard InChI is InChI=1S/C12H15N3O2S/c13-6-9-1-2-11(17-9)10(16)5-8-7-15-3-4-18-12(15)14-8/h3-4,7,9,11H,1-2,5-6,13H2. The minimum absolute atomic E-state index is 0.0458. The maximum Gasteiger partial charge on any atom is 0.193 e. The second-order valence-electron chi connectivity index (χ2n) is 4.53. The number of carbonyl (C=O) groups excluding carboxylic acids is 1. The number of Topliss-reactive ketones (excluding diaryl/α,β-unsaturated/α-hetero) is 1. The van der Waals surface area contributed by atoms with Gasteiger partial charge in [0.25, 0.3) is 0 Å². The molecule has 6 heteroatoms. The number of hydrogen-bond donors (Lipinski definition) is 1. The molecule has 0 spiro atoms. The third kappa shape index (κ3) is 2.19. The van der Waals surface area contributed by atoms with Crippen molar-refractivity contribution in [1.82, 2.24) is 9.38 Å². The van der Waals surface area contributed by atoms with Gasteiger partial charge in [0.2, 0.25) is 0 Å². The van der Waals surface area contributed by atoms with Gasteiger partial charge in [0.05, 0.1) is 18.2 Å². The highest BCUT2D eigenvalue weighted by atomic mass is 32.1. The lowest BCUT2D eigenvalue weighted by Gasteiger charge is -2.10. The number of carbonyl (C=O) groups is 1. The summed E-state index contributed by atoms with van der Waals surface area (Å²) < 4.78 is 7.53. The predicted molar refractivity (Wildman–Crippen MR) is 68.7 cm³/mol. The number of imidazole rings is 1. The van der Waals surface area contributed by atoms with Gasteiger partial charge in [0.15, 0.2) is 10.7 Å². The van der Waals surface area contributed by atoms with E-state index in [4.69, 9.17) is 10.5 Å². The van der Waals surface area contributed by atoms with Crippen molar-refractivity contribution in [3.8, 4) is 0 Å². The van der Waals surface area contributed by atoms with Crippen LogP contribution < -0.4 is 5.73 Å². The number of ketones is 1. The fourth-order valence-electron chi connectivity index (χ4n) is 2.27. The van der Waals surface area contributed by atoms with E-state index in [9.17, 15) is 4.79 Å². The predicted octanol–water partition coefficient (Wildman–Crippen LogP) is 1.01. The first-order valence-corrected chi connectivity index (χ1v) is 6.93. The molecule has 0 amide bonds. The normalized spacial score (nSPS) is 23.8. The highest BCUT2D eigenvalue weighted by Crippen LogP contribution is 2.21. The van der Waals surface area contributed by atoms with Gasteiger partial charge in [0, 0.05) is 24.3 Å². The quantitative estimate of drug-likeness (QED) is 0.896.